The smallest absolute Gasteiger partial charge is 0.213 e. The van der Waals surface area contributed by atoms with Crippen molar-refractivity contribution >= 4 is 11.6 Å². The van der Waals surface area contributed by atoms with E-state index in [9.17, 15) is 0 Å². The maximum atomic E-state index is 5.90. The molecule has 0 bridgehead atoms. The van der Waals surface area contributed by atoms with Gasteiger partial charge >= 0.3 is 0 Å². The summed E-state index contributed by atoms with van der Waals surface area (Å²) in [7, 11) is 1.68. The molecule has 4 heteroatoms. The van der Waals surface area contributed by atoms with Gasteiger partial charge in [0.2, 0.25) is 5.88 Å². The molecule has 1 heterocycles. The van der Waals surface area contributed by atoms with Crippen LogP contribution in [0.25, 0.3) is 0 Å². The predicted octanol–water partition coefficient (Wildman–Crippen LogP) is 3.53. The summed E-state index contributed by atoms with van der Waals surface area (Å²) in [6, 6.07) is 3.93. The third kappa shape index (κ3) is 4.83. The minimum absolute atomic E-state index is 0.00723. The first-order valence-electron chi connectivity index (χ1n) is 6.16. The van der Waals surface area contributed by atoms with Crippen molar-refractivity contribution in [1.82, 2.24) is 4.98 Å². The monoisotopic (exact) mass is 271 g/mol. The van der Waals surface area contributed by atoms with Gasteiger partial charge in [0.25, 0.3) is 0 Å². The molecule has 0 saturated heterocycles. The van der Waals surface area contributed by atoms with Crippen LogP contribution in [0.4, 0.5) is 0 Å². The Morgan fingerprint density at radius 3 is 2.50 bits per heavy atom. The van der Waals surface area contributed by atoms with Crippen LogP contribution in [0, 0.1) is 0 Å². The maximum absolute atomic E-state index is 5.90. The average molecular weight is 272 g/mol. The van der Waals surface area contributed by atoms with Gasteiger partial charge in [-0.25, -0.2) is 4.98 Å². The molecule has 1 aromatic rings. The van der Waals surface area contributed by atoms with Crippen LogP contribution in [0.5, 0.6) is 5.88 Å². The van der Waals surface area contributed by atoms with Crippen molar-refractivity contribution in [3.63, 3.8) is 0 Å². The number of methoxy groups -OCH3 is 1. The van der Waals surface area contributed by atoms with Crippen LogP contribution >= 0.6 is 11.6 Å². The molecule has 0 radical (unpaired) electrons. The second-order valence-electron chi connectivity index (χ2n) is 5.28. The van der Waals surface area contributed by atoms with E-state index in [2.05, 4.69) is 25.8 Å². The number of nitrogens with zero attached hydrogens (tertiary/aromatic N) is 1. The Labute approximate surface area is 114 Å². The SMILES string of the molecule is COCCCOc1cc(CCl)cc(C(C)(C)C)n1. The van der Waals surface area contributed by atoms with Crippen molar-refractivity contribution in [2.45, 2.75) is 38.5 Å². The number of pyridine rings is 1. The Bertz CT molecular complexity index is 375. The number of hydrogen-bond donors (Lipinski definition) is 0. The predicted molar refractivity (Wildman–Crippen MR) is 74.5 cm³/mol. The van der Waals surface area contributed by atoms with Crippen molar-refractivity contribution < 1.29 is 9.47 Å². The minimum Gasteiger partial charge on any atom is -0.478 e. The largest absolute Gasteiger partial charge is 0.478 e. The highest BCUT2D eigenvalue weighted by molar-refractivity contribution is 6.17. The zero-order chi connectivity index (χ0) is 13.6. The second kappa shape index (κ2) is 6.95. The summed E-state index contributed by atoms with van der Waals surface area (Å²) in [5, 5.41) is 0. The Hall–Kier alpha value is -0.800. The standard InChI is InChI=1S/C14H22ClNO2/c1-14(2,3)12-8-11(10-15)9-13(16-12)18-7-5-6-17-4/h8-9H,5-7,10H2,1-4H3. The molecule has 0 fully saturated rings. The van der Waals surface area contributed by atoms with Crippen LogP contribution in [-0.2, 0) is 16.0 Å². The van der Waals surface area contributed by atoms with Gasteiger partial charge in [-0.1, -0.05) is 20.8 Å². The lowest BCUT2D eigenvalue weighted by Gasteiger charge is -2.19. The van der Waals surface area contributed by atoms with Crippen molar-refractivity contribution in [2.24, 2.45) is 0 Å². The van der Waals surface area contributed by atoms with E-state index in [4.69, 9.17) is 21.1 Å². The van der Waals surface area contributed by atoms with Gasteiger partial charge in [0.15, 0.2) is 0 Å². The normalized spacial score (nSPS) is 11.6. The van der Waals surface area contributed by atoms with E-state index in [1.165, 1.54) is 0 Å². The van der Waals surface area contributed by atoms with Crippen molar-refractivity contribution in [3.05, 3.63) is 23.4 Å². The molecule has 0 N–H and O–H groups in total. The molecule has 0 unspecified atom stereocenters. The molecule has 0 aromatic carbocycles. The van der Waals surface area contributed by atoms with Gasteiger partial charge in [-0.3, -0.25) is 0 Å². The number of aromatic nitrogens is 1. The summed E-state index contributed by atoms with van der Waals surface area (Å²) < 4.78 is 10.6. The minimum atomic E-state index is -0.00723. The van der Waals surface area contributed by atoms with Gasteiger partial charge in [0, 0.05) is 37.5 Å². The van der Waals surface area contributed by atoms with E-state index in [-0.39, 0.29) is 5.41 Å². The second-order valence-corrected chi connectivity index (χ2v) is 5.54. The molecule has 0 amide bonds. The Morgan fingerprint density at radius 2 is 1.94 bits per heavy atom. The Kier molecular flexibility index (Phi) is 5.89. The fourth-order valence-electron chi connectivity index (χ4n) is 1.47. The fraction of sp³-hybridized carbons (Fsp3) is 0.643. The Morgan fingerprint density at radius 1 is 1.22 bits per heavy atom. The highest BCUT2D eigenvalue weighted by Crippen LogP contribution is 2.25. The molecule has 0 atom stereocenters. The van der Waals surface area contributed by atoms with Gasteiger partial charge < -0.3 is 9.47 Å². The lowest BCUT2D eigenvalue weighted by atomic mass is 9.91. The van der Waals surface area contributed by atoms with Gasteiger partial charge in [0.05, 0.1) is 12.3 Å². The molecule has 18 heavy (non-hydrogen) atoms. The fourth-order valence-corrected chi connectivity index (χ4v) is 1.63. The summed E-state index contributed by atoms with van der Waals surface area (Å²) in [5.41, 5.74) is 2.04. The first-order chi connectivity index (χ1) is 8.47. The van der Waals surface area contributed by atoms with Gasteiger partial charge in [0.1, 0.15) is 0 Å². The van der Waals surface area contributed by atoms with Crippen LogP contribution in [0.15, 0.2) is 12.1 Å². The van der Waals surface area contributed by atoms with Crippen LogP contribution < -0.4 is 4.74 Å². The van der Waals surface area contributed by atoms with E-state index in [1.807, 2.05) is 12.1 Å². The zero-order valence-corrected chi connectivity index (χ0v) is 12.4. The molecule has 102 valence electrons. The van der Waals surface area contributed by atoms with Crippen molar-refractivity contribution in [1.29, 1.82) is 0 Å². The van der Waals surface area contributed by atoms with Crippen LogP contribution in [0.3, 0.4) is 0 Å². The first-order valence-corrected chi connectivity index (χ1v) is 6.70. The number of ether oxygens (including phenoxy) is 2. The first kappa shape index (κ1) is 15.3. The number of rotatable bonds is 6. The van der Waals surface area contributed by atoms with Gasteiger partial charge in [-0.2, -0.15) is 0 Å². The lowest BCUT2D eigenvalue weighted by molar-refractivity contribution is 0.170. The molecule has 1 rings (SSSR count). The highest BCUT2D eigenvalue weighted by atomic mass is 35.5. The average Bonchev–Trinajstić information content (AvgIpc) is 2.33. The molecule has 3 nitrogen and oxygen atoms in total. The molecule has 1 aromatic heterocycles. The highest BCUT2D eigenvalue weighted by Gasteiger charge is 2.17. The van der Waals surface area contributed by atoms with Crippen LogP contribution in [0.1, 0.15) is 38.4 Å². The molecule has 0 spiro atoms. The van der Waals surface area contributed by atoms with Crippen LogP contribution in [-0.4, -0.2) is 25.3 Å². The summed E-state index contributed by atoms with van der Waals surface area (Å²) >= 11 is 5.90. The molecular weight excluding hydrogens is 250 g/mol. The van der Waals surface area contributed by atoms with Gasteiger partial charge in [-0.15, -0.1) is 11.6 Å². The summed E-state index contributed by atoms with van der Waals surface area (Å²) in [4.78, 5) is 4.53. The van der Waals surface area contributed by atoms with Crippen molar-refractivity contribution in [3.8, 4) is 5.88 Å². The quantitative estimate of drug-likeness (QED) is 0.586. The van der Waals surface area contributed by atoms with E-state index in [1.54, 1.807) is 7.11 Å². The van der Waals surface area contributed by atoms with Gasteiger partial charge in [-0.05, 0) is 11.6 Å². The van der Waals surface area contributed by atoms with E-state index in [0.29, 0.717) is 25.0 Å². The van der Waals surface area contributed by atoms with E-state index >= 15 is 0 Å². The number of hydrogen-bond acceptors (Lipinski definition) is 3. The topological polar surface area (TPSA) is 31.4 Å². The third-order valence-electron chi connectivity index (χ3n) is 2.53. The Balaban J connectivity index is 2.78. The summed E-state index contributed by atoms with van der Waals surface area (Å²) in [5.74, 6) is 1.12. The molecule has 0 aliphatic heterocycles. The third-order valence-corrected chi connectivity index (χ3v) is 2.84. The molecular formula is C14H22ClNO2. The number of alkyl halides is 1. The lowest BCUT2D eigenvalue weighted by Crippen LogP contribution is -2.15. The molecule has 0 aliphatic carbocycles. The van der Waals surface area contributed by atoms with Crippen LogP contribution in [0.2, 0.25) is 0 Å². The number of halogens is 1. The summed E-state index contributed by atoms with van der Waals surface area (Å²) in [6.45, 7) is 7.68. The van der Waals surface area contributed by atoms with Crippen molar-refractivity contribution in [2.75, 3.05) is 20.3 Å². The maximum Gasteiger partial charge on any atom is 0.213 e. The van der Waals surface area contributed by atoms with E-state index in [0.717, 1.165) is 17.7 Å². The summed E-state index contributed by atoms with van der Waals surface area (Å²) in [6.07, 6.45) is 0.855. The van der Waals surface area contributed by atoms with E-state index < -0.39 is 0 Å². The zero-order valence-electron chi connectivity index (χ0n) is 11.6. The molecule has 0 saturated carbocycles. The molecule has 0 aliphatic rings.